The van der Waals surface area contributed by atoms with Crippen LogP contribution in [-0.2, 0) is 17.9 Å². The maximum atomic E-state index is 12.3. The molecule has 0 unspecified atom stereocenters. The monoisotopic (exact) mass is 397 g/mol. The molecule has 0 atom stereocenters. The summed E-state index contributed by atoms with van der Waals surface area (Å²) in [5.41, 5.74) is 2.67. The second kappa shape index (κ2) is 7.69. The predicted molar refractivity (Wildman–Crippen MR) is 104 cm³/mol. The van der Waals surface area contributed by atoms with Crippen LogP contribution in [0.15, 0.2) is 64.3 Å². The van der Waals surface area contributed by atoms with Crippen molar-refractivity contribution in [2.24, 2.45) is 0 Å². The van der Waals surface area contributed by atoms with Gasteiger partial charge in [0, 0.05) is 29.7 Å². The standard InChI is InChI=1S/C19H16ClN5O3/c20-14-4-5-16-17(9-14)28-19(27)25(16)7-6-18(26)23-15-3-1-2-13(8-15)10-24-12-21-11-22-24/h1-5,8-9,11-12H,6-7,10H2,(H,23,26). The van der Waals surface area contributed by atoms with E-state index in [0.717, 1.165) is 5.56 Å². The fraction of sp³-hybridized carbons (Fsp3) is 0.158. The van der Waals surface area contributed by atoms with Crippen LogP contribution >= 0.6 is 11.6 Å². The Balaban J connectivity index is 1.41. The Kier molecular flexibility index (Phi) is 4.94. The van der Waals surface area contributed by atoms with E-state index in [1.165, 1.54) is 10.9 Å². The highest BCUT2D eigenvalue weighted by Crippen LogP contribution is 2.19. The normalized spacial score (nSPS) is 11.0. The van der Waals surface area contributed by atoms with E-state index in [2.05, 4.69) is 15.4 Å². The zero-order valence-corrected chi connectivity index (χ0v) is 15.5. The molecule has 28 heavy (non-hydrogen) atoms. The summed E-state index contributed by atoms with van der Waals surface area (Å²) in [6.45, 7) is 0.765. The Labute approximate surface area is 164 Å². The molecule has 4 rings (SSSR count). The van der Waals surface area contributed by atoms with Crippen molar-refractivity contribution in [2.45, 2.75) is 19.5 Å². The molecule has 0 radical (unpaired) electrons. The van der Waals surface area contributed by atoms with E-state index >= 15 is 0 Å². The Bertz CT molecular complexity index is 1180. The van der Waals surface area contributed by atoms with E-state index in [9.17, 15) is 9.59 Å². The number of nitrogens with one attached hydrogen (secondary N) is 1. The number of hydrogen-bond donors (Lipinski definition) is 1. The number of aryl methyl sites for hydroxylation is 1. The summed E-state index contributed by atoms with van der Waals surface area (Å²) in [5, 5.41) is 7.40. The number of carbonyl (C=O) groups is 1. The van der Waals surface area contributed by atoms with Crippen LogP contribution in [0, 0.1) is 0 Å². The molecule has 2 aromatic carbocycles. The summed E-state index contributed by atoms with van der Waals surface area (Å²) in [6, 6.07) is 12.4. The number of fused-ring (bicyclic) bond motifs is 1. The zero-order chi connectivity index (χ0) is 19.5. The van der Waals surface area contributed by atoms with E-state index in [1.54, 1.807) is 29.2 Å². The van der Waals surface area contributed by atoms with Gasteiger partial charge in [-0.05, 0) is 29.8 Å². The van der Waals surface area contributed by atoms with Crippen molar-refractivity contribution in [1.29, 1.82) is 0 Å². The largest absolute Gasteiger partial charge is 0.419 e. The van der Waals surface area contributed by atoms with Gasteiger partial charge in [0.1, 0.15) is 12.7 Å². The molecule has 2 heterocycles. The summed E-state index contributed by atoms with van der Waals surface area (Å²) in [7, 11) is 0. The number of oxazole rings is 1. The van der Waals surface area contributed by atoms with Gasteiger partial charge in [-0.1, -0.05) is 23.7 Å². The third kappa shape index (κ3) is 3.96. The lowest BCUT2D eigenvalue weighted by molar-refractivity contribution is -0.116. The van der Waals surface area contributed by atoms with Gasteiger partial charge in [0.15, 0.2) is 5.58 Å². The highest BCUT2D eigenvalue weighted by atomic mass is 35.5. The van der Waals surface area contributed by atoms with Crippen LogP contribution in [0.1, 0.15) is 12.0 Å². The van der Waals surface area contributed by atoms with Crippen molar-refractivity contribution in [2.75, 3.05) is 5.32 Å². The van der Waals surface area contributed by atoms with Crippen LogP contribution in [0.4, 0.5) is 5.69 Å². The van der Waals surface area contributed by atoms with Crippen LogP contribution < -0.4 is 11.1 Å². The molecular formula is C19H16ClN5O3. The van der Waals surface area contributed by atoms with E-state index in [4.69, 9.17) is 16.0 Å². The lowest BCUT2D eigenvalue weighted by Gasteiger charge is -2.08. The first-order valence-electron chi connectivity index (χ1n) is 8.58. The number of amides is 1. The number of aromatic nitrogens is 4. The number of rotatable bonds is 6. The maximum Gasteiger partial charge on any atom is 0.419 e. The summed E-state index contributed by atoms with van der Waals surface area (Å²) in [6.07, 6.45) is 3.23. The maximum absolute atomic E-state index is 12.3. The molecule has 0 saturated carbocycles. The van der Waals surface area contributed by atoms with Gasteiger partial charge < -0.3 is 9.73 Å². The molecule has 0 bridgehead atoms. The summed E-state index contributed by atoms with van der Waals surface area (Å²) in [5.74, 6) is -0.715. The highest BCUT2D eigenvalue weighted by molar-refractivity contribution is 6.31. The first-order valence-corrected chi connectivity index (χ1v) is 8.96. The molecule has 9 heteroatoms. The first kappa shape index (κ1) is 18.0. The van der Waals surface area contributed by atoms with Gasteiger partial charge in [-0.25, -0.2) is 14.5 Å². The van der Waals surface area contributed by atoms with Crippen LogP contribution in [0.3, 0.4) is 0 Å². The second-order valence-electron chi connectivity index (χ2n) is 6.22. The van der Waals surface area contributed by atoms with Gasteiger partial charge >= 0.3 is 5.76 Å². The average molecular weight is 398 g/mol. The molecule has 0 fully saturated rings. The minimum Gasteiger partial charge on any atom is -0.408 e. The molecule has 0 aliphatic carbocycles. The number of nitrogens with zero attached hydrogens (tertiary/aromatic N) is 4. The van der Waals surface area contributed by atoms with Crippen molar-refractivity contribution in [3.8, 4) is 0 Å². The quantitative estimate of drug-likeness (QED) is 0.539. The van der Waals surface area contributed by atoms with Crippen molar-refractivity contribution >= 4 is 34.3 Å². The van der Waals surface area contributed by atoms with Gasteiger partial charge in [-0.3, -0.25) is 9.36 Å². The minimum absolute atomic E-state index is 0.129. The molecule has 1 N–H and O–H groups in total. The molecule has 0 aliphatic heterocycles. The number of anilines is 1. The van der Waals surface area contributed by atoms with Crippen molar-refractivity contribution in [1.82, 2.24) is 19.3 Å². The Morgan fingerprint density at radius 3 is 2.93 bits per heavy atom. The second-order valence-corrected chi connectivity index (χ2v) is 6.66. The Morgan fingerprint density at radius 2 is 2.11 bits per heavy atom. The SMILES string of the molecule is O=C(CCn1c(=O)oc2cc(Cl)ccc21)Nc1cccc(Cn2cncn2)c1. The van der Waals surface area contributed by atoms with Gasteiger partial charge in [-0.2, -0.15) is 5.10 Å². The van der Waals surface area contributed by atoms with Gasteiger partial charge in [0.05, 0.1) is 12.1 Å². The fourth-order valence-electron chi connectivity index (χ4n) is 2.94. The average Bonchev–Trinajstić information content (AvgIpc) is 3.27. The molecule has 2 aromatic heterocycles. The summed E-state index contributed by atoms with van der Waals surface area (Å²) >= 11 is 5.91. The van der Waals surface area contributed by atoms with Crippen molar-refractivity contribution in [3.05, 3.63) is 76.3 Å². The number of hydrogen-bond acceptors (Lipinski definition) is 5. The zero-order valence-electron chi connectivity index (χ0n) is 14.7. The van der Waals surface area contributed by atoms with Crippen LogP contribution in [-0.4, -0.2) is 25.2 Å². The Morgan fingerprint density at radius 1 is 1.21 bits per heavy atom. The molecule has 8 nitrogen and oxygen atoms in total. The third-order valence-corrected chi connectivity index (χ3v) is 4.45. The first-order chi connectivity index (χ1) is 13.6. The predicted octanol–water partition coefficient (Wildman–Crippen LogP) is 2.92. The van der Waals surface area contributed by atoms with Crippen LogP contribution in [0.5, 0.6) is 0 Å². The van der Waals surface area contributed by atoms with Gasteiger partial charge in [-0.15, -0.1) is 0 Å². The summed E-state index contributed by atoms with van der Waals surface area (Å²) in [4.78, 5) is 28.3. The number of carbonyl (C=O) groups excluding carboxylic acids is 1. The fourth-order valence-corrected chi connectivity index (χ4v) is 3.10. The van der Waals surface area contributed by atoms with Gasteiger partial charge in [0.25, 0.3) is 0 Å². The van der Waals surface area contributed by atoms with Gasteiger partial charge in [0.2, 0.25) is 5.91 Å². The Hall–Kier alpha value is -3.39. The molecule has 4 aromatic rings. The molecule has 1 amide bonds. The van der Waals surface area contributed by atoms with Crippen molar-refractivity contribution in [3.63, 3.8) is 0 Å². The lowest BCUT2D eigenvalue weighted by Crippen LogP contribution is -2.19. The van der Waals surface area contributed by atoms with E-state index < -0.39 is 5.76 Å². The van der Waals surface area contributed by atoms with Crippen molar-refractivity contribution < 1.29 is 9.21 Å². The molecule has 142 valence electrons. The number of halogens is 1. The summed E-state index contributed by atoms with van der Waals surface area (Å²) < 4.78 is 8.30. The van der Waals surface area contributed by atoms with E-state index in [-0.39, 0.29) is 18.9 Å². The van der Waals surface area contributed by atoms with Crippen LogP contribution in [0.2, 0.25) is 5.02 Å². The third-order valence-electron chi connectivity index (χ3n) is 4.21. The molecule has 0 aliphatic rings. The van der Waals surface area contributed by atoms with Crippen LogP contribution in [0.25, 0.3) is 11.1 Å². The highest BCUT2D eigenvalue weighted by Gasteiger charge is 2.11. The number of benzene rings is 2. The van der Waals surface area contributed by atoms with E-state index in [1.807, 2.05) is 24.3 Å². The minimum atomic E-state index is -0.514. The lowest BCUT2D eigenvalue weighted by atomic mass is 10.2. The smallest absolute Gasteiger partial charge is 0.408 e. The van der Waals surface area contributed by atoms with E-state index in [0.29, 0.717) is 28.4 Å². The topological polar surface area (TPSA) is 94.9 Å². The molecule has 0 saturated heterocycles. The molecule has 0 spiro atoms. The molecular weight excluding hydrogens is 382 g/mol.